The summed E-state index contributed by atoms with van der Waals surface area (Å²) in [6, 6.07) is 3.51. The fourth-order valence-electron chi connectivity index (χ4n) is 3.58. The van der Waals surface area contributed by atoms with Gasteiger partial charge in [-0.2, -0.15) is 5.10 Å². The molecule has 0 aliphatic carbocycles. The lowest BCUT2D eigenvalue weighted by Gasteiger charge is -2.31. The maximum atomic E-state index is 12.7. The summed E-state index contributed by atoms with van der Waals surface area (Å²) in [6.07, 6.45) is 3.75. The molecule has 0 aromatic carbocycles. The molecule has 0 spiro atoms. The van der Waals surface area contributed by atoms with Crippen LogP contribution in [0.25, 0.3) is 16.6 Å². The van der Waals surface area contributed by atoms with Crippen LogP contribution in [-0.4, -0.2) is 38.1 Å². The molecule has 7 heteroatoms. The first-order valence-corrected chi connectivity index (χ1v) is 8.29. The van der Waals surface area contributed by atoms with E-state index in [1.54, 1.807) is 22.8 Å². The van der Waals surface area contributed by atoms with Gasteiger partial charge < -0.3 is 9.32 Å². The summed E-state index contributed by atoms with van der Waals surface area (Å²) >= 11 is 0. The molecule has 24 heavy (non-hydrogen) atoms. The molecule has 1 aliphatic heterocycles. The Morgan fingerprint density at radius 3 is 3.04 bits per heavy atom. The van der Waals surface area contributed by atoms with Gasteiger partial charge in [0.25, 0.3) is 5.56 Å². The first-order valence-electron chi connectivity index (χ1n) is 8.29. The summed E-state index contributed by atoms with van der Waals surface area (Å²) in [5.41, 5.74) is 1.67. The maximum Gasteiger partial charge on any atom is 0.291 e. The zero-order valence-electron chi connectivity index (χ0n) is 13.9. The fraction of sp³-hybridized carbons (Fsp3) is 0.471. The molecule has 0 radical (unpaired) electrons. The Kier molecular flexibility index (Phi) is 3.44. The topological polar surface area (TPSA) is 72.8 Å². The van der Waals surface area contributed by atoms with E-state index >= 15 is 0 Å². The minimum absolute atomic E-state index is 0.0184. The van der Waals surface area contributed by atoms with Crippen LogP contribution in [0.1, 0.15) is 25.6 Å². The SMILES string of the molecule is Cc1nn(CC(=O)N2CCCC(C)C2)c(=O)c2cc3occc3n12. The molecule has 4 rings (SSSR count). The van der Waals surface area contributed by atoms with E-state index in [1.165, 1.54) is 4.68 Å². The van der Waals surface area contributed by atoms with Gasteiger partial charge in [0, 0.05) is 25.2 Å². The zero-order chi connectivity index (χ0) is 16.8. The first-order chi connectivity index (χ1) is 11.5. The van der Waals surface area contributed by atoms with Crippen LogP contribution in [0, 0.1) is 12.8 Å². The first kappa shape index (κ1) is 15.0. The lowest BCUT2D eigenvalue weighted by molar-refractivity contribution is -0.133. The van der Waals surface area contributed by atoms with Gasteiger partial charge in [-0.1, -0.05) is 6.92 Å². The number of fused-ring (bicyclic) bond motifs is 3. The van der Waals surface area contributed by atoms with Crippen LogP contribution < -0.4 is 5.56 Å². The Balaban J connectivity index is 1.70. The fourth-order valence-corrected chi connectivity index (χ4v) is 3.58. The van der Waals surface area contributed by atoms with Crippen LogP contribution in [0.4, 0.5) is 0 Å². The monoisotopic (exact) mass is 328 g/mol. The number of rotatable bonds is 2. The number of likely N-dealkylation sites (tertiary alicyclic amines) is 1. The number of carbonyl (C=O) groups excluding carboxylic acids is 1. The number of hydrogen-bond donors (Lipinski definition) is 0. The highest BCUT2D eigenvalue weighted by Gasteiger charge is 2.22. The Hall–Kier alpha value is -2.57. The molecule has 0 N–H and O–H groups in total. The molecule has 1 aliphatic rings. The molecular weight excluding hydrogens is 308 g/mol. The highest BCUT2D eigenvalue weighted by molar-refractivity contribution is 5.82. The molecule has 1 fully saturated rings. The lowest BCUT2D eigenvalue weighted by atomic mass is 10.0. The molecule has 1 amide bonds. The highest BCUT2D eigenvalue weighted by Crippen LogP contribution is 2.20. The van der Waals surface area contributed by atoms with E-state index in [2.05, 4.69) is 12.0 Å². The normalized spacial score (nSPS) is 18.6. The molecule has 126 valence electrons. The standard InChI is InChI=1S/C17H20N4O3/c1-11-4-3-6-19(9-11)16(22)10-20-17(23)14-8-15-13(5-7-24-15)21(14)12(2)18-20/h5,7-8,11H,3-4,6,9-10H2,1-2H3. The predicted molar refractivity (Wildman–Crippen MR) is 88.9 cm³/mol. The van der Waals surface area contributed by atoms with E-state index in [-0.39, 0.29) is 18.0 Å². The summed E-state index contributed by atoms with van der Waals surface area (Å²) in [5, 5.41) is 4.33. The Bertz CT molecular complexity index is 981. The van der Waals surface area contributed by atoms with Crippen molar-refractivity contribution in [2.45, 2.75) is 33.2 Å². The third-order valence-electron chi connectivity index (χ3n) is 4.76. The van der Waals surface area contributed by atoms with Crippen LogP contribution in [0.15, 0.2) is 27.6 Å². The number of aryl methyl sites for hydroxylation is 1. The van der Waals surface area contributed by atoms with E-state index in [0.717, 1.165) is 31.4 Å². The number of piperidine rings is 1. The van der Waals surface area contributed by atoms with Gasteiger partial charge in [0.1, 0.15) is 17.9 Å². The molecule has 3 aromatic heterocycles. The van der Waals surface area contributed by atoms with Crippen molar-refractivity contribution in [2.75, 3.05) is 13.1 Å². The lowest BCUT2D eigenvalue weighted by Crippen LogP contribution is -2.42. The van der Waals surface area contributed by atoms with Crippen molar-refractivity contribution in [2.24, 2.45) is 5.92 Å². The van der Waals surface area contributed by atoms with Crippen molar-refractivity contribution < 1.29 is 9.21 Å². The molecule has 1 atom stereocenters. The van der Waals surface area contributed by atoms with Gasteiger partial charge in [0.05, 0.1) is 11.8 Å². The second-order valence-electron chi connectivity index (χ2n) is 6.63. The second-order valence-corrected chi connectivity index (χ2v) is 6.63. The highest BCUT2D eigenvalue weighted by atomic mass is 16.3. The van der Waals surface area contributed by atoms with Gasteiger partial charge in [-0.3, -0.25) is 14.0 Å². The van der Waals surface area contributed by atoms with Crippen molar-refractivity contribution in [1.82, 2.24) is 19.1 Å². The van der Waals surface area contributed by atoms with E-state index < -0.39 is 0 Å². The summed E-state index contributed by atoms with van der Waals surface area (Å²) in [4.78, 5) is 27.1. The largest absolute Gasteiger partial charge is 0.463 e. The van der Waals surface area contributed by atoms with Crippen LogP contribution in [0.2, 0.25) is 0 Å². The van der Waals surface area contributed by atoms with Crippen LogP contribution in [0.5, 0.6) is 0 Å². The average Bonchev–Trinajstić information content (AvgIpc) is 3.13. The van der Waals surface area contributed by atoms with Crippen LogP contribution >= 0.6 is 0 Å². The van der Waals surface area contributed by atoms with Crippen molar-refractivity contribution in [1.29, 1.82) is 0 Å². The number of amides is 1. The van der Waals surface area contributed by atoms with E-state index in [1.807, 2.05) is 11.8 Å². The molecule has 7 nitrogen and oxygen atoms in total. The molecule has 1 unspecified atom stereocenters. The molecule has 0 bridgehead atoms. The third kappa shape index (κ3) is 2.31. The Morgan fingerprint density at radius 2 is 2.25 bits per heavy atom. The summed E-state index contributed by atoms with van der Waals surface area (Å²) in [6.45, 7) is 5.47. The molecule has 0 saturated carbocycles. The van der Waals surface area contributed by atoms with Gasteiger partial charge in [-0.05, 0) is 25.7 Å². The van der Waals surface area contributed by atoms with Crippen molar-refractivity contribution in [3.8, 4) is 0 Å². The smallest absolute Gasteiger partial charge is 0.291 e. The number of furan rings is 1. The number of aromatic nitrogens is 3. The third-order valence-corrected chi connectivity index (χ3v) is 4.76. The number of nitrogens with zero attached hydrogens (tertiary/aromatic N) is 4. The summed E-state index contributed by atoms with van der Waals surface area (Å²) in [5.74, 6) is 1.12. The molecule has 1 saturated heterocycles. The summed E-state index contributed by atoms with van der Waals surface area (Å²) in [7, 11) is 0. The number of carbonyl (C=O) groups is 1. The van der Waals surface area contributed by atoms with Crippen molar-refractivity contribution in [3.63, 3.8) is 0 Å². The van der Waals surface area contributed by atoms with Crippen LogP contribution in [0.3, 0.4) is 0 Å². The molecule has 3 aromatic rings. The molecular formula is C17H20N4O3. The summed E-state index contributed by atoms with van der Waals surface area (Å²) < 4.78 is 8.41. The van der Waals surface area contributed by atoms with Crippen molar-refractivity contribution in [3.05, 3.63) is 34.6 Å². The van der Waals surface area contributed by atoms with Gasteiger partial charge >= 0.3 is 0 Å². The van der Waals surface area contributed by atoms with Crippen LogP contribution in [-0.2, 0) is 11.3 Å². The van der Waals surface area contributed by atoms with Crippen molar-refractivity contribution >= 4 is 22.5 Å². The maximum absolute atomic E-state index is 12.7. The van der Waals surface area contributed by atoms with Gasteiger partial charge in [-0.15, -0.1) is 0 Å². The van der Waals surface area contributed by atoms with Gasteiger partial charge in [0.15, 0.2) is 5.58 Å². The van der Waals surface area contributed by atoms with E-state index in [9.17, 15) is 9.59 Å². The van der Waals surface area contributed by atoms with E-state index in [4.69, 9.17) is 4.42 Å². The Labute approximate surface area is 138 Å². The minimum Gasteiger partial charge on any atom is -0.463 e. The minimum atomic E-state index is -0.273. The second kappa shape index (κ2) is 5.51. The van der Waals surface area contributed by atoms with E-state index in [0.29, 0.717) is 22.8 Å². The number of hydrogen-bond acceptors (Lipinski definition) is 4. The zero-order valence-corrected chi connectivity index (χ0v) is 13.9. The quantitative estimate of drug-likeness (QED) is 0.719. The Morgan fingerprint density at radius 1 is 1.42 bits per heavy atom. The van der Waals surface area contributed by atoms with Gasteiger partial charge in [0.2, 0.25) is 5.91 Å². The molecule has 4 heterocycles. The van der Waals surface area contributed by atoms with Gasteiger partial charge in [-0.25, -0.2) is 4.68 Å². The predicted octanol–water partition coefficient (Wildman–Crippen LogP) is 1.81. The average molecular weight is 328 g/mol.